The number of benzene rings is 1. The van der Waals surface area contributed by atoms with Gasteiger partial charge in [-0.3, -0.25) is 4.79 Å². The minimum Gasteiger partial charge on any atom is -0.358 e. The van der Waals surface area contributed by atoms with Gasteiger partial charge in [-0.25, -0.2) is 0 Å². The lowest BCUT2D eigenvalue weighted by atomic mass is 10.1. The van der Waals surface area contributed by atoms with Crippen LogP contribution in [0.3, 0.4) is 0 Å². The Morgan fingerprint density at radius 2 is 2.16 bits per heavy atom. The predicted molar refractivity (Wildman–Crippen MR) is 78.5 cm³/mol. The van der Waals surface area contributed by atoms with Gasteiger partial charge in [-0.05, 0) is 44.6 Å². The molecule has 2 rings (SSSR count). The molecule has 1 aromatic carbocycles. The molecule has 0 saturated carbocycles. The van der Waals surface area contributed by atoms with E-state index in [0.29, 0.717) is 0 Å². The summed E-state index contributed by atoms with van der Waals surface area (Å²) in [6.45, 7) is 4.64. The van der Waals surface area contributed by atoms with Crippen molar-refractivity contribution >= 4 is 11.6 Å². The maximum Gasteiger partial charge on any atom is 0.245 e. The van der Waals surface area contributed by atoms with Crippen molar-refractivity contribution in [3.63, 3.8) is 0 Å². The number of carbonyl (C=O) groups excluding carboxylic acids is 1. The molecule has 4 nitrogen and oxygen atoms in total. The first-order valence-corrected chi connectivity index (χ1v) is 6.86. The third-order valence-corrected chi connectivity index (χ3v) is 3.71. The summed E-state index contributed by atoms with van der Waals surface area (Å²) in [7, 11) is 3.82. The quantitative estimate of drug-likeness (QED) is 0.886. The Kier molecular flexibility index (Phi) is 4.43. The lowest BCUT2D eigenvalue weighted by Gasteiger charge is -2.40. The van der Waals surface area contributed by atoms with E-state index in [1.807, 2.05) is 19.0 Å². The van der Waals surface area contributed by atoms with Crippen LogP contribution in [-0.2, 0) is 4.79 Å². The lowest BCUT2D eigenvalue weighted by molar-refractivity contribution is -0.133. The molecule has 0 bridgehead atoms. The largest absolute Gasteiger partial charge is 0.358 e. The van der Waals surface area contributed by atoms with Crippen LogP contribution in [0.4, 0.5) is 5.69 Å². The lowest BCUT2D eigenvalue weighted by Crippen LogP contribution is -2.56. The number of piperazine rings is 1. The number of aryl methyl sites for hydroxylation is 1. The Balaban J connectivity index is 2.23. The molecule has 0 spiro atoms. The van der Waals surface area contributed by atoms with Crippen LogP contribution in [0.5, 0.6) is 0 Å². The standard InChI is InChI=1S/C15H23N3O/c1-12-5-4-6-13(11-12)18-10-9-17(3)15(19)14(18)7-8-16-2/h4-6,11,14,16H,7-10H2,1-3H3. The highest BCUT2D eigenvalue weighted by Crippen LogP contribution is 2.23. The highest BCUT2D eigenvalue weighted by atomic mass is 16.2. The molecule has 1 aliphatic heterocycles. The van der Waals surface area contributed by atoms with E-state index in [-0.39, 0.29) is 11.9 Å². The van der Waals surface area contributed by atoms with Gasteiger partial charge in [0.1, 0.15) is 6.04 Å². The van der Waals surface area contributed by atoms with E-state index in [9.17, 15) is 4.79 Å². The molecule has 1 amide bonds. The number of nitrogens with one attached hydrogen (secondary N) is 1. The summed E-state index contributed by atoms with van der Waals surface area (Å²) in [6, 6.07) is 8.35. The molecular formula is C15H23N3O. The summed E-state index contributed by atoms with van der Waals surface area (Å²) in [4.78, 5) is 16.4. The molecule has 104 valence electrons. The molecule has 1 heterocycles. The SMILES string of the molecule is CNCCC1C(=O)N(C)CCN1c1cccc(C)c1. The summed E-state index contributed by atoms with van der Waals surface area (Å²) in [5.74, 6) is 0.225. The molecule has 1 aliphatic rings. The zero-order valence-corrected chi connectivity index (χ0v) is 12.0. The minimum absolute atomic E-state index is 0.0481. The Hall–Kier alpha value is -1.55. The number of carbonyl (C=O) groups is 1. The Morgan fingerprint density at radius 1 is 1.37 bits per heavy atom. The fourth-order valence-electron chi connectivity index (χ4n) is 2.59. The van der Waals surface area contributed by atoms with Crippen molar-refractivity contribution < 1.29 is 4.79 Å². The van der Waals surface area contributed by atoms with Gasteiger partial charge >= 0.3 is 0 Å². The number of rotatable bonds is 4. The summed E-state index contributed by atoms with van der Waals surface area (Å²) >= 11 is 0. The maximum absolute atomic E-state index is 12.4. The van der Waals surface area contributed by atoms with Crippen LogP contribution in [0.25, 0.3) is 0 Å². The molecule has 4 heteroatoms. The van der Waals surface area contributed by atoms with Gasteiger partial charge in [0, 0.05) is 25.8 Å². The smallest absolute Gasteiger partial charge is 0.245 e. The number of hydrogen-bond acceptors (Lipinski definition) is 3. The number of nitrogens with zero attached hydrogens (tertiary/aromatic N) is 2. The maximum atomic E-state index is 12.4. The third kappa shape index (κ3) is 3.07. The zero-order valence-electron chi connectivity index (χ0n) is 12.0. The van der Waals surface area contributed by atoms with Crippen molar-refractivity contribution in [1.82, 2.24) is 10.2 Å². The van der Waals surface area contributed by atoms with Crippen molar-refractivity contribution in [1.29, 1.82) is 0 Å². The van der Waals surface area contributed by atoms with E-state index in [2.05, 4.69) is 41.4 Å². The number of hydrogen-bond donors (Lipinski definition) is 1. The Morgan fingerprint density at radius 3 is 2.84 bits per heavy atom. The van der Waals surface area contributed by atoms with Crippen molar-refractivity contribution in [2.75, 3.05) is 38.6 Å². The average molecular weight is 261 g/mol. The predicted octanol–water partition coefficient (Wildman–Crippen LogP) is 1.25. The van der Waals surface area contributed by atoms with Gasteiger partial charge < -0.3 is 15.1 Å². The molecule has 0 aliphatic carbocycles. The van der Waals surface area contributed by atoms with Gasteiger partial charge in [-0.1, -0.05) is 12.1 Å². The second-order valence-electron chi connectivity index (χ2n) is 5.20. The Bertz CT molecular complexity index is 447. The molecule has 1 N–H and O–H groups in total. The topological polar surface area (TPSA) is 35.6 Å². The fraction of sp³-hybridized carbons (Fsp3) is 0.533. The summed E-state index contributed by atoms with van der Waals surface area (Å²) < 4.78 is 0. The first kappa shape index (κ1) is 13.9. The van der Waals surface area contributed by atoms with Crippen LogP contribution in [0, 0.1) is 6.92 Å². The van der Waals surface area contributed by atoms with Gasteiger partial charge in [-0.2, -0.15) is 0 Å². The highest BCUT2D eigenvalue weighted by molar-refractivity contribution is 5.86. The molecule has 0 aromatic heterocycles. The Labute approximate surface area is 115 Å². The minimum atomic E-state index is -0.0481. The van der Waals surface area contributed by atoms with E-state index < -0.39 is 0 Å². The number of likely N-dealkylation sites (N-methyl/N-ethyl adjacent to an activating group) is 1. The van der Waals surface area contributed by atoms with E-state index in [1.165, 1.54) is 5.56 Å². The molecule has 1 saturated heterocycles. The van der Waals surface area contributed by atoms with Crippen LogP contribution in [-0.4, -0.2) is 50.6 Å². The van der Waals surface area contributed by atoms with Crippen LogP contribution < -0.4 is 10.2 Å². The van der Waals surface area contributed by atoms with E-state index in [4.69, 9.17) is 0 Å². The van der Waals surface area contributed by atoms with Crippen LogP contribution in [0.15, 0.2) is 24.3 Å². The molecule has 1 aromatic rings. The normalized spacial score (nSPS) is 19.9. The van der Waals surface area contributed by atoms with Gasteiger partial charge in [0.15, 0.2) is 0 Å². The van der Waals surface area contributed by atoms with Gasteiger partial charge in [0.05, 0.1) is 0 Å². The number of anilines is 1. The van der Waals surface area contributed by atoms with E-state index >= 15 is 0 Å². The van der Waals surface area contributed by atoms with E-state index in [1.54, 1.807) is 0 Å². The molecular weight excluding hydrogens is 238 g/mol. The van der Waals surface area contributed by atoms with Crippen LogP contribution in [0.1, 0.15) is 12.0 Å². The molecule has 1 unspecified atom stereocenters. The fourth-order valence-corrected chi connectivity index (χ4v) is 2.59. The van der Waals surface area contributed by atoms with Crippen LogP contribution in [0.2, 0.25) is 0 Å². The third-order valence-electron chi connectivity index (χ3n) is 3.71. The van der Waals surface area contributed by atoms with E-state index in [0.717, 1.165) is 31.7 Å². The second kappa shape index (κ2) is 6.06. The van der Waals surface area contributed by atoms with Gasteiger partial charge in [0.2, 0.25) is 5.91 Å². The molecule has 19 heavy (non-hydrogen) atoms. The highest BCUT2D eigenvalue weighted by Gasteiger charge is 2.32. The van der Waals surface area contributed by atoms with Crippen molar-refractivity contribution in [2.24, 2.45) is 0 Å². The zero-order chi connectivity index (χ0) is 13.8. The van der Waals surface area contributed by atoms with Gasteiger partial charge in [0.25, 0.3) is 0 Å². The molecule has 0 radical (unpaired) electrons. The summed E-state index contributed by atoms with van der Waals surface area (Å²) in [6.07, 6.45) is 0.841. The van der Waals surface area contributed by atoms with Gasteiger partial charge in [-0.15, -0.1) is 0 Å². The molecule has 1 atom stereocenters. The first-order chi connectivity index (χ1) is 9.13. The summed E-state index contributed by atoms with van der Waals surface area (Å²) in [5.41, 5.74) is 2.39. The number of amides is 1. The second-order valence-corrected chi connectivity index (χ2v) is 5.20. The molecule has 1 fully saturated rings. The van der Waals surface area contributed by atoms with Crippen LogP contribution >= 0.6 is 0 Å². The monoisotopic (exact) mass is 261 g/mol. The summed E-state index contributed by atoms with van der Waals surface area (Å²) in [5, 5.41) is 3.14. The average Bonchev–Trinajstić information content (AvgIpc) is 2.40. The first-order valence-electron chi connectivity index (χ1n) is 6.86. The van der Waals surface area contributed by atoms with Crippen molar-refractivity contribution in [3.05, 3.63) is 29.8 Å². The van der Waals surface area contributed by atoms with Crippen molar-refractivity contribution in [2.45, 2.75) is 19.4 Å². The van der Waals surface area contributed by atoms with Crippen molar-refractivity contribution in [3.8, 4) is 0 Å².